The van der Waals surface area contributed by atoms with E-state index in [4.69, 9.17) is 23.2 Å². The number of anilines is 1. The zero-order chi connectivity index (χ0) is 21.3. The molecule has 0 aliphatic heterocycles. The molecule has 0 spiro atoms. The normalized spacial score (nSPS) is 11.1. The van der Waals surface area contributed by atoms with Crippen LogP contribution in [0.4, 0.5) is 5.82 Å². The van der Waals surface area contributed by atoms with Crippen LogP contribution in [0.15, 0.2) is 59.1 Å². The fourth-order valence-corrected chi connectivity index (χ4v) is 4.09. The number of pyridine rings is 1. The number of benzene rings is 1. The first-order valence-electron chi connectivity index (χ1n) is 8.71. The number of para-hydroxylation sites is 1. The maximum atomic E-state index is 12.8. The molecule has 11 heteroatoms. The molecule has 0 unspecified atom stereocenters. The third-order valence-electron chi connectivity index (χ3n) is 4.19. The Morgan fingerprint density at radius 1 is 1.27 bits per heavy atom. The molecule has 152 valence electrons. The Labute approximate surface area is 184 Å². The number of amides is 1. The number of hydrogen-bond acceptors (Lipinski definition) is 6. The van der Waals surface area contributed by atoms with Gasteiger partial charge in [0.05, 0.1) is 26.7 Å². The minimum absolute atomic E-state index is 0.0380. The van der Waals surface area contributed by atoms with Crippen LogP contribution >= 0.6 is 35.0 Å². The molecule has 4 rings (SSSR count). The number of carbonyl (C=O) groups is 1. The number of hydrogen-bond donors (Lipinski definition) is 1. The molecule has 1 amide bonds. The lowest BCUT2D eigenvalue weighted by Gasteiger charge is -2.09. The molecule has 3 heterocycles. The molecule has 0 saturated carbocycles. The Bertz CT molecular complexity index is 1350. The van der Waals surface area contributed by atoms with Crippen molar-refractivity contribution in [3.8, 4) is 0 Å². The lowest BCUT2D eigenvalue weighted by Crippen LogP contribution is -2.22. The average molecular weight is 461 g/mol. The van der Waals surface area contributed by atoms with Gasteiger partial charge in [-0.05, 0) is 18.2 Å². The van der Waals surface area contributed by atoms with E-state index in [-0.39, 0.29) is 34.6 Å². The van der Waals surface area contributed by atoms with Crippen LogP contribution in [-0.2, 0) is 11.3 Å². The quantitative estimate of drug-likeness (QED) is 0.348. The van der Waals surface area contributed by atoms with Gasteiger partial charge in [0.15, 0.2) is 11.0 Å². The number of nitrogens with zero attached hydrogens (tertiary/aromatic N) is 5. The van der Waals surface area contributed by atoms with Crippen molar-refractivity contribution < 1.29 is 4.79 Å². The number of thioether (sulfide) groups is 1. The van der Waals surface area contributed by atoms with Gasteiger partial charge in [-0.2, -0.15) is 0 Å². The van der Waals surface area contributed by atoms with E-state index in [2.05, 4.69) is 27.1 Å². The van der Waals surface area contributed by atoms with Gasteiger partial charge in [0.25, 0.3) is 5.56 Å². The first-order valence-corrected chi connectivity index (χ1v) is 10.4. The number of allylic oxidation sites excluding steroid dienone is 1. The lowest BCUT2D eigenvalue weighted by molar-refractivity contribution is -0.113. The van der Waals surface area contributed by atoms with E-state index in [9.17, 15) is 9.59 Å². The Morgan fingerprint density at radius 2 is 2.07 bits per heavy atom. The van der Waals surface area contributed by atoms with Crippen molar-refractivity contribution in [1.82, 2.24) is 24.1 Å². The molecule has 0 aliphatic rings. The third-order valence-corrected chi connectivity index (χ3v) is 5.61. The van der Waals surface area contributed by atoms with Gasteiger partial charge >= 0.3 is 0 Å². The number of fused-ring (bicyclic) bond motifs is 3. The molecule has 0 bridgehead atoms. The predicted octanol–water partition coefficient (Wildman–Crippen LogP) is 3.66. The second-order valence-corrected chi connectivity index (χ2v) is 7.95. The Hall–Kier alpha value is -2.88. The zero-order valence-corrected chi connectivity index (χ0v) is 17.7. The van der Waals surface area contributed by atoms with Crippen LogP contribution in [0.1, 0.15) is 0 Å². The van der Waals surface area contributed by atoms with Crippen molar-refractivity contribution in [3.63, 3.8) is 0 Å². The second-order valence-electron chi connectivity index (χ2n) is 6.16. The van der Waals surface area contributed by atoms with Gasteiger partial charge < -0.3 is 5.32 Å². The molecular weight excluding hydrogens is 447 g/mol. The molecule has 0 atom stereocenters. The van der Waals surface area contributed by atoms with Crippen molar-refractivity contribution in [1.29, 1.82) is 0 Å². The van der Waals surface area contributed by atoms with Crippen molar-refractivity contribution in [2.45, 2.75) is 11.7 Å². The van der Waals surface area contributed by atoms with Crippen molar-refractivity contribution in [3.05, 3.63) is 69.6 Å². The highest BCUT2D eigenvalue weighted by atomic mass is 35.5. The highest BCUT2D eigenvalue weighted by Gasteiger charge is 2.17. The molecule has 4 aromatic rings. The van der Waals surface area contributed by atoms with E-state index in [0.29, 0.717) is 26.9 Å². The van der Waals surface area contributed by atoms with Crippen LogP contribution in [-0.4, -0.2) is 35.8 Å². The molecule has 1 N–H and O–H groups in total. The van der Waals surface area contributed by atoms with E-state index in [0.717, 1.165) is 0 Å². The third kappa shape index (κ3) is 3.79. The van der Waals surface area contributed by atoms with Gasteiger partial charge in [0.1, 0.15) is 0 Å². The summed E-state index contributed by atoms with van der Waals surface area (Å²) < 4.78 is 3.25. The van der Waals surface area contributed by atoms with Crippen LogP contribution in [0.25, 0.3) is 16.7 Å². The van der Waals surface area contributed by atoms with Gasteiger partial charge in [-0.25, -0.2) is 4.98 Å². The summed E-state index contributed by atoms with van der Waals surface area (Å²) >= 11 is 13.0. The van der Waals surface area contributed by atoms with Crippen LogP contribution in [0.2, 0.25) is 10.0 Å². The van der Waals surface area contributed by atoms with E-state index in [1.54, 1.807) is 22.6 Å². The number of nitrogens with one attached hydrogen (secondary N) is 1. The average Bonchev–Trinajstić information content (AvgIpc) is 3.16. The largest absolute Gasteiger partial charge is 0.309 e. The summed E-state index contributed by atoms with van der Waals surface area (Å²) in [5.74, 6) is 0.320. The Balaban J connectivity index is 1.66. The Morgan fingerprint density at radius 3 is 2.83 bits per heavy atom. The summed E-state index contributed by atoms with van der Waals surface area (Å²) in [6.07, 6.45) is 3.02. The van der Waals surface area contributed by atoms with Gasteiger partial charge in [0, 0.05) is 12.7 Å². The van der Waals surface area contributed by atoms with E-state index in [1.165, 1.54) is 28.6 Å². The van der Waals surface area contributed by atoms with E-state index >= 15 is 0 Å². The summed E-state index contributed by atoms with van der Waals surface area (Å²) in [6, 6.07) is 8.67. The Kier molecular flexibility index (Phi) is 5.76. The summed E-state index contributed by atoms with van der Waals surface area (Å²) in [5, 5.41) is 12.6. The lowest BCUT2D eigenvalue weighted by atomic mass is 10.2. The van der Waals surface area contributed by atoms with Crippen molar-refractivity contribution in [2.75, 3.05) is 11.1 Å². The number of aromatic nitrogens is 5. The first kappa shape index (κ1) is 20.4. The van der Waals surface area contributed by atoms with Crippen LogP contribution < -0.4 is 10.9 Å². The maximum Gasteiger partial charge on any atom is 0.263 e. The summed E-state index contributed by atoms with van der Waals surface area (Å²) in [5.41, 5.74) is 0.483. The molecule has 1 aromatic carbocycles. The first-order chi connectivity index (χ1) is 14.5. The highest BCUT2D eigenvalue weighted by Crippen LogP contribution is 2.24. The standard InChI is InChI=1S/C19H14Cl2N6O2S/c1-2-7-26-17(29)12-5-3-4-6-14(12)27-18(26)24-25-19(27)30-10-15(28)23-16-13(21)8-11(20)9-22-16/h2-6,8-9H,1,7,10H2,(H,22,23,28). The molecule has 0 radical (unpaired) electrons. The van der Waals surface area contributed by atoms with Gasteiger partial charge in [-0.1, -0.05) is 53.2 Å². The monoisotopic (exact) mass is 460 g/mol. The highest BCUT2D eigenvalue weighted by molar-refractivity contribution is 7.99. The van der Waals surface area contributed by atoms with Crippen molar-refractivity contribution in [2.24, 2.45) is 0 Å². The number of carbonyl (C=O) groups excluding carboxylic acids is 1. The van der Waals surface area contributed by atoms with Gasteiger partial charge in [-0.3, -0.25) is 18.6 Å². The molecule has 3 aromatic heterocycles. The summed E-state index contributed by atoms with van der Waals surface area (Å²) in [7, 11) is 0. The fourth-order valence-electron chi connectivity index (χ4n) is 2.93. The molecular formula is C19H14Cl2N6O2S. The van der Waals surface area contributed by atoms with E-state index in [1.807, 2.05) is 12.1 Å². The minimum Gasteiger partial charge on any atom is -0.309 e. The van der Waals surface area contributed by atoms with Crippen molar-refractivity contribution >= 4 is 63.4 Å². The van der Waals surface area contributed by atoms with Gasteiger partial charge in [-0.15, -0.1) is 16.8 Å². The molecule has 8 nitrogen and oxygen atoms in total. The van der Waals surface area contributed by atoms with E-state index < -0.39 is 0 Å². The molecule has 0 saturated heterocycles. The van der Waals surface area contributed by atoms with Crippen LogP contribution in [0.5, 0.6) is 0 Å². The number of halogens is 2. The van der Waals surface area contributed by atoms with Gasteiger partial charge in [0.2, 0.25) is 11.7 Å². The zero-order valence-electron chi connectivity index (χ0n) is 15.4. The summed E-state index contributed by atoms with van der Waals surface area (Å²) in [4.78, 5) is 29.2. The fraction of sp³-hybridized carbons (Fsp3) is 0.105. The maximum absolute atomic E-state index is 12.8. The topological polar surface area (TPSA) is 94.2 Å². The predicted molar refractivity (Wildman–Crippen MR) is 119 cm³/mol. The van der Waals surface area contributed by atoms with Crippen LogP contribution in [0, 0.1) is 0 Å². The number of rotatable bonds is 6. The summed E-state index contributed by atoms with van der Waals surface area (Å²) in [6.45, 7) is 3.99. The smallest absolute Gasteiger partial charge is 0.263 e. The second kappa shape index (κ2) is 8.47. The van der Waals surface area contributed by atoms with Crippen LogP contribution in [0.3, 0.4) is 0 Å². The molecule has 30 heavy (non-hydrogen) atoms. The SMILES string of the molecule is C=CCn1c(=O)c2ccccc2n2c(SCC(=O)Nc3ncc(Cl)cc3Cl)nnc12. The molecule has 0 aliphatic carbocycles. The minimum atomic E-state index is -0.322. The molecule has 0 fully saturated rings.